The molecular weight excluding hydrogens is 442 g/mol. The van der Waals surface area contributed by atoms with Crippen LogP contribution in [-0.2, 0) is 16.1 Å². The van der Waals surface area contributed by atoms with Gasteiger partial charge in [0.15, 0.2) is 0 Å². The number of rotatable bonds is 10. The first-order valence-electron chi connectivity index (χ1n) is 12.5. The number of methoxy groups -OCH3 is 2. The van der Waals surface area contributed by atoms with E-state index >= 15 is 0 Å². The Morgan fingerprint density at radius 1 is 0.971 bits per heavy atom. The minimum atomic E-state index is -0.760. The maximum Gasteiger partial charge on any atom is 0.327 e. The van der Waals surface area contributed by atoms with Gasteiger partial charge in [-0.1, -0.05) is 49.4 Å². The maximum atomic E-state index is 13.8. The largest absolute Gasteiger partial charge is 0.497 e. The lowest BCUT2D eigenvalue weighted by molar-refractivity contribution is -0.136. The second kappa shape index (κ2) is 11.2. The molecule has 0 aliphatic carbocycles. The summed E-state index contributed by atoms with van der Waals surface area (Å²) in [6, 6.07) is 17.9. The molecule has 35 heavy (non-hydrogen) atoms. The molecule has 2 aromatic rings. The summed E-state index contributed by atoms with van der Waals surface area (Å²) >= 11 is 0. The number of urea groups is 1. The van der Waals surface area contributed by atoms with E-state index in [4.69, 9.17) is 9.47 Å². The lowest BCUT2D eigenvalue weighted by Gasteiger charge is -2.42. The van der Waals surface area contributed by atoms with Gasteiger partial charge in [-0.25, -0.2) is 4.79 Å². The van der Waals surface area contributed by atoms with Gasteiger partial charge in [0.1, 0.15) is 11.3 Å². The number of piperidine rings is 1. The van der Waals surface area contributed by atoms with Gasteiger partial charge >= 0.3 is 6.03 Å². The van der Waals surface area contributed by atoms with Crippen molar-refractivity contribution in [2.45, 2.75) is 44.2 Å². The minimum absolute atomic E-state index is 0.0634. The molecule has 2 aliphatic rings. The number of likely N-dealkylation sites (tertiary alicyclic amines) is 1. The second-order valence-electron chi connectivity index (χ2n) is 9.66. The van der Waals surface area contributed by atoms with Crippen molar-refractivity contribution in [1.29, 1.82) is 0 Å². The highest BCUT2D eigenvalue weighted by Crippen LogP contribution is 2.38. The van der Waals surface area contributed by atoms with E-state index < -0.39 is 5.54 Å². The molecule has 3 amide bonds. The molecule has 0 saturated carbocycles. The lowest BCUT2D eigenvalue weighted by Crippen LogP contribution is -2.57. The number of hydrogen-bond donors (Lipinski definition) is 0. The average Bonchev–Trinajstić information content (AvgIpc) is 3.07. The second-order valence-corrected chi connectivity index (χ2v) is 9.66. The normalized spacial score (nSPS) is 18.9. The lowest BCUT2D eigenvalue weighted by atomic mass is 9.85. The predicted octanol–water partition coefficient (Wildman–Crippen LogP) is 4.13. The van der Waals surface area contributed by atoms with Gasteiger partial charge in [0, 0.05) is 39.9 Å². The molecule has 2 aliphatic heterocycles. The molecule has 1 unspecified atom stereocenters. The maximum absolute atomic E-state index is 13.8. The molecule has 7 heteroatoms. The smallest absolute Gasteiger partial charge is 0.327 e. The van der Waals surface area contributed by atoms with Crippen molar-refractivity contribution in [3.05, 3.63) is 65.7 Å². The Kier molecular flexibility index (Phi) is 8.08. The van der Waals surface area contributed by atoms with Crippen molar-refractivity contribution in [2.24, 2.45) is 0 Å². The quantitative estimate of drug-likeness (QED) is 0.379. The topological polar surface area (TPSA) is 62.3 Å². The summed E-state index contributed by atoms with van der Waals surface area (Å²) in [5.41, 5.74) is 1.48. The Labute approximate surface area is 208 Å². The van der Waals surface area contributed by atoms with Gasteiger partial charge in [0.2, 0.25) is 0 Å². The van der Waals surface area contributed by atoms with E-state index in [0.717, 1.165) is 30.9 Å². The zero-order valence-corrected chi connectivity index (χ0v) is 21.1. The summed E-state index contributed by atoms with van der Waals surface area (Å²) in [6.07, 6.45) is 2.03. The fourth-order valence-corrected chi connectivity index (χ4v) is 5.38. The van der Waals surface area contributed by atoms with E-state index in [1.165, 1.54) is 10.5 Å². The van der Waals surface area contributed by atoms with Gasteiger partial charge in [0.25, 0.3) is 5.91 Å². The number of ether oxygens (including phenoxy) is 2. The number of nitrogens with zero attached hydrogens (tertiary/aromatic N) is 3. The van der Waals surface area contributed by atoms with Gasteiger partial charge in [-0.05, 0) is 48.4 Å². The zero-order valence-electron chi connectivity index (χ0n) is 21.1. The highest BCUT2D eigenvalue weighted by atomic mass is 16.5. The standard InChI is InChI=1S/C28H37N3O4/c1-22(24-8-5-4-6-9-24)20-29-17-14-28(15-18-29)26(32)30(27(33)31(28)16-7-19-34-2)21-23-10-12-25(35-3)13-11-23/h4-6,8-13,22H,7,14-21H2,1-3H3. The van der Waals surface area contributed by atoms with Crippen LogP contribution in [0.1, 0.15) is 43.2 Å². The fourth-order valence-electron chi connectivity index (χ4n) is 5.38. The van der Waals surface area contributed by atoms with Crippen LogP contribution in [-0.4, -0.2) is 79.2 Å². The summed E-state index contributed by atoms with van der Waals surface area (Å²) < 4.78 is 10.5. The number of amides is 3. The molecule has 2 saturated heterocycles. The van der Waals surface area contributed by atoms with Crippen LogP contribution in [0.25, 0.3) is 0 Å². The van der Waals surface area contributed by atoms with Crippen molar-refractivity contribution in [3.63, 3.8) is 0 Å². The van der Waals surface area contributed by atoms with Gasteiger partial charge in [-0.2, -0.15) is 0 Å². The van der Waals surface area contributed by atoms with Crippen LogP contribution in [0, 0.1) is 0 Å². The molecule has 2 aromatic carbocycles. The summed E-state index contributed by atoms with van der Waals surface area (Å²) in [5.74, 6) is 1.10. The summed E-state index contributed by atoms with van der Waals surface area (Å²) in [4.78, 5) is 33.0. The molecule has 0 radical (unpaired) electrons. The van der Waals surface area contributed by atoms with Crippen LogP contribution in [0.5, 0.6) is 5.75 Å². The molecular formula is C28H37N3O4. The number of carbonyl (C=O) groups excluding carboxylic acids is 2. The van der Waals surface area contributed by atoms with Crippen molar-refractivity contribution in [3.8, 4) is 5.75 Å². The highest BCUT2D eigenvalue weighted by molar-refractivity contribution is 6.07. The van der Waals surface area contributed by atoms with E-state index in [1.807, 2.05) is 35.2 Å². The van der Waals surface area contributed by atoms with Gasteiger partial charge < -0.3 is 19.3 Å². The Bertz CT molecular complexity index is 987. The van der Waals surface area contributed by atoms with E-state index in [9.17, 15) is 9.59 Å². The number of carbonyl (C=O) groups is 2. The molecule has 1 spiro atoms. The Hall–Kier alpha value is -2.90. The molecule has 2 fully saturated rings. The Morgan fingerprint density at radius 3 is 2.29 bits per heavy atom. The van der Waals surface area contributed by atoms with Crippen LogP contribution in [0.3, 0.4) is 0 Å². The van der Waals surface area contributed by atoms with Crippen molar-refractivity contribution in [2.75, 3.05) is 47.0 Å². The van der Waals surface area contributed by atoms with E-state index in [1.54, 1.807) is 14.2 Å². The molecule has 188 valence electrons. The third-order valence-corrected chi connectivity index (χ3v) is 7.44. The van der Waals surface area contributed by atoms with Crippen molar-refractivity contribution >= 4 is 11.9 Å². The SMILES string of the molecule is COCCCN1C(=O)N(Cc2ccc(OC)cc2)C(=O)C12CCN(CC(C)c1ccccc1)CC2. The van der Waals surface area contributed by atoms with Crippen LogP contribution in [0.4, 0.5) is 4.79 Å². The predicted molar refractivity (Wildman–Crippen MR) is 135 cm³/mol. The zero-order chi connectivity index (χ0) is 24.8. The Balaban J connectivity index is 1.47. The van der Waals surface area contributed by atoms with Gasteiger partial charge in [-0.15, -0.1) is 0 Å². The first-order valence-corrected chi connectivity index (χ1v) is 12.5. The molecule has 2 heterocycles. The third-order valence-electron chi connectivity index (χ3n) is 7.44. The van der Waals surface area contributed by atoms with Gasteiger partial charge in [-0.3, -0.25) is 9.69 Å². The van der Waals surface area contributed by atoms with Crippen LogP contribution >= 0.6 is 0 Å². The molecule has 0 bridgehead atoms. The number of imide groups is 1. The molecule has 7 nitrogen and oxygen atoms in total. The van der Waals surface area contributed by atoms with E-state index in [-0.39, 0.29) is 18.5 Å². The van der Waals surface area contributed by atoms with Crippen LogP contribution in [0.15, 0.2) is 54.6 Å². The van der Waals surface area contributed by atoms with E-state index in [2.05, 4.69) is 36.1 Å². The molecule has 0 N–H and O–H groups in total. The van der Waals surface area contributed by atoms with Crippen molar-refractivity contribution in [1.82, 2.24) is 14.7 Å². The monoisotopic (exact) mass is 479 g/mol. The van der Waals surface area contributed by atoms with Crippen molar-refractivity contribution < 1.29 is 19.1 Å². The molecule has 1 atom stereocenters. The van der Waals surface area contributed by atoms with Crippen LogP contribution < -0.4 is 4.74 Å². The summed E-state index contributed by atoms with van der Waals surface area (Å²) in [5, 5.41) is 0. The average molecular weight is 480 g/mol. The minimum Gasteiger partial charge on any atom is -0.497 e. The van der Waals surface area contributed by atoms with Gasteiger partial charge in [0.05, 0.1) is 13.7 Å². The Morgan fingerprint density at radius 2 is 1.66 bits per heavy atom. The highest BCUT2D eigenvalue weighted by Gasteiger charge is 2.57. The summed E-state index contributed by atoms with van der Waals surface area (Å²) in [7, 11) is 3.28. The first-order chi connectivity index (χ1) is 17.0. The summed E-state index contributed by atoms with van der Waals surface area (Å²) in [6.45, 7) is 6.16. The molecule has 0 aromatic heterocycles. The number of hydrogen-bond acceptors (Lipinski definition) is 5. The van der Waals surface area contributed by atoms with E-state index in [0.29, 0.717) is 38.3 Å². The third kappa shape index (κ3) is 5.36. The first kappa shape index (κ1) is 25.2. The number of benzene rings is 2. The molecule has 4 rings (SSSR count). The van der Waals surface area contributed by atoms with Crippen LogP contribution in [0.2, 0.25) is 0 Å². The fraction of sp³-hybridized carbons (Fsp3) is 0.500.